The van der Waals surface area contributed by atoms with Gasteiger partial charge in [0.25, 0.3) is 0 Å². The number of hydrogen-bond donors (Lipinski definition) is 0. The summed E-state index contributed by atoms with van der Waals surface area (Å²) in [6.07, 6.45) is 8.89. The second-order valence-electron chi connectivity index (χ2n) is 12.5. The Labute approximate surface area is 237 Å². The topological polar surface area (TPSA) is 54.0 Å². The predicted octanol–water partition coefficient (Wildman–Crippen LogP) is 7.94. The van der Waals surface area contributed by atoms with Crippen LogP contribution < -0.4 is 4.74 Å². The molecule has 40 heavy (non-hydrogen) atoms. The molecule has 3 aliphatic carbocycles. The van der Waals surface area contributed by atoms with Crippen LogP contribution >= 0.6 is 0 Å². The van der Waals surface area contributed by atoms with Crippen molar-refractivity contribution in [3.8, 4) is 16.9 Å². The molecule has 4 atom stereocenters. The van der Waals surface area contributed by atoms with Gasteiger partial charge in [0.05, 0.1) is 32.0 Å². The number of hydrogen-bond acceptors (Lipinski definition) is 5. The fourth-order valence-corrected chi connectivity index (χ4v) is 7.20. The summed E-state index contributed by atoms with van der Waals surface area (Å²) in [6.45, 7) is 6.74. The molecular weight excluding hydrogens is 507 g/mol. The Bertz CT molecular complexity index is 1340. The number of ether oxygens (including phenoxy) is 4. The molecule has 0 amide bonds. The minimum absolute atomic E-state index is 0.00974. The number of esters is 1. The van der Waals surface area contributed by atoms with Gasteiger partial charge < -0.3 is 18.9 Å². The highest BCUT2D eigenvalue weighted by Gasteiger charge is 2.59. The molecule has 0 N–H and O–H groups in total. The van der Waals surface area contributed by atoms with Gasteiger partial charge in [-0.1, -0.05) is 44.6 Å². The normalized spacial score (nSPS) is 24.5. The molecule has 5 rings (SSSR count). The third kappa shape index (κ3) is 5.07. The second-order valence-corrected chi connectivity index (χ2v) is 12.5. The van der Waals surface area contributed by atoms with E-state index in [1.807, 2.05) is 12.1 Å². The van der Waals surface area contributed by atoms with Gasteiger partial charge in [-0.3, -0.25) is 4.79 Å². The Balaban J connectivity index is 1.39. The fraction of sp³-hybridized carbons (Fsp3) is 0.500. The summed E-state index contributed by atoms with van der Waals surface area (Å²) in [5.74, 6) is 1.48. The second kappa shape index (κ2) is 11.0. The lowest BCUT2D eigenvalue weighted by atomic mass is 9.53. The number of methoxy groups -OCH3 is 3. The molecule has 0 bridgehead atoms. The average Bonchev–Trinajstić information content (AvgIpc) is 3.32. The summed E-state index contributed by atoms with van der Waals surface area (Å²) in [5, 5.41) is 0. The largest absolute Gasteiger partial charge is 0.497 e. The van der Waals surface area contributed by atoms with Crippen LogP contribution in [0.3, 0.4) is 0 Å². The van der Waals surface area contributed by atoms with Crippen molar-refractivity contribution in [3.05, 3.63) is 76.8 Å². The van der Waals surface area contributed by atoms with Crippen LogP contribution in [0, 0.1) is 28.5 Å². The molecule has 1 spiro atoms. The molecule has 3 aliphatic rings. The number of fused-ring (bicyclic) bond motifs is 2. The number of halogens is 1. The lowest BCUT2D eigenvalue weighted by Crippen LogP contribution is -2.48. The molecular formula is C34H41FO5. The summed E-state index contributed by atoms with van der Waals surface area (Å²) >= 11 is 0. The van der Waals surface area contributed by atoms with Crippen LogP contribution in [-0.4, -0.2) is 27.3 Å². The molecule has 2 aromatic rings. The van der Waals surface area contributed by atoms with E-state index in [4.69, 9.17) is 18.9 Å². The maximum absolute atomic E-state index is 15.1. The smallest absolute Gasteiger partial charge is 0.309 e. The summed E-state index contributed by atoms with van der Waals surface area (Å²) < 4.78 is 38.0. The Kier molecular flexibility index (Phi) is 7.84. The zero-order valence-corrected chi connectivity index (χ0v) is 24.5. The molecule has 214 valence electrons. The van der Waals surface area contributed by atoms with Crippen LogP contribution in [0.1, 0.15) is 70.1 Å². The lowest BCUT2D eigenvalue weighted by Gasteiger charge is -2.50. The minimum Gasteiger partial charge on any atom is -0.497 e. The van der Waals surface area contributed by atoms with Gasteiger partial charge in [0.1, 0.15) is 18.2 Å². The van der Waals surface area contributed by atoms with Crippen LogP contribution in [-0.2, 0) is 25.6 Å². The zero-order valence-electron chi connectivity index (χ0n) is 24.5. The maximum Gasteiger partial charge on any atom is 0.309 e. The molecule has 5 nitrogen and oxygen atoms in total. The molecule has 2 saturated carbocycles. The van der Waals surface area contributed by atoms with Gasteiger partial charge >= 0.3 is 5.97 Å². The highest BCUT2D eigenvalue weighted by atomic mass is 19.1. The van der Waals surface area contributed by atoms with Crippen LogP contribution in [0.5, 0.6) is 5.75 Å². The molecule has 1 unspecified atom stereocenters. The van der Waals surface area contributed by atoms with E-state index >= 15 is 4.39 Å². The Morgan fingerprint density at radius 2 is 1.85 bits per heavy atom. The van der Waals surface area contributed by atoms with E-state index in [2.05, 4.69) is 39.0 Å². The maximum atomic E-state index is 15.1. The van der Waals surface area contributed by atoms with Crippen molar-refractivity contribution in [2.24, 2.45) is 22.7 Å². The Hall–Kier alpha value is -3.12. The summed E-state index contributed by atoms with van der Waals surface area (Å²) in [7, 11) is 4.77. The number of benzene rings is 2. The molecule has 0 heterocycles. The van der Waals surface area contributed by atoms with Gasteiger partial charge in [-0.05, 0) is 89.5 Å². The lowest BCUT2D eigenvalue weighted by molar-refractivity contribution is -0.160. The molecule has 2 aromatic carbocycles. The number of carbonyl (C=O) groups is 1. The van der Waals surface area contributed by atoms with Gasteiger partial charge in [0.15, 0.2) is 0 Å². The summed E-state index contributed by atoms with van der Waals surface area (Å²) in [6, 6.07) is 10.8. The summed E-state index contributed by atoms with van der Waals surface area (Å²) in [4.78, 5) is 12.5. The highest BCUT2D eigenvalue weighted by Crippen LogP contribution is 2.64. The molecule has 2 fully saturated rings. The first-order valence-corrected chi connectivity index (χ1v) is 14.2. The van der Waals surface area contributed by atoms with E-state index in [1.165, 1.54) is 18.7 Å². The number of carbonyl (C=O) groups excluding carboxylic acids is 1. The monoisotopic (exact) mass is 548 g/mol. The van der Waals surface area contributed by atoms with Crippen molar-refractivity contribution in [1.29, 1.82) is 0 Å². The first-order chi connectivity index (χ1) is 19.1. The van der Waals surface area contributed by atoms with Crippen LogP contribution in [0.2, 0.25) is 0 Å². The van der Waals surface area contributed by atoms with Gasteiger partial charge in [0.2, 0.25) is 0 Å². The third-order valence-corrected chi connectivity index (χ3v) is 9.30. The molecule has 0 radical (unpaired) electrons. The molecule has 0 aromatic heterocycles. The minimum atomic E-state index is -0.309. The van der Waals surface area contributed by atoms with Crippen molar-refractivity contribution in [2.75, 3.05) is 21.3 Å². The third-order valence-electron chi connectivity index (χ3n) is 9.30. The van der Waals surface area contributed by atoms with Gasteiger partial charge in [-0.25, -0.2) is 4.39 Å². The van der Waals surface area contributed by atoms with Crippen LogP contribution in [0.4, 0.5) is 4.39 Å². The average molecular weight is 549 g/mol. The van der Waals surface area contributed by atoms with Gasteiger partial charge in [-0.2, -0.15) is 0 Å². The summed E-state index contributed by atoms with van der Waals surface area (Å²) in [5.41, 5.74) is 4.37. The van der Waals surface area contributed by atoms with Crippen LogP contribution in [0.15, 0.2) is 59.9 Å². The first-order valence-electron chi connectivity index (χ1n) is 14.2. The van der Waals surface area contributed by atoms with E-state index in [9.17, 15) is 4.79 Å². The van der Waals surface area contributed by atoms with E-state index in [0.29, 0.717) is 23.8 Å². The molecule has 0 aliphatic heterocycles. The number of rotatable bonds is 8. The van der Waals surface area contributed by atoms with Crippen molar-refractivity contribution in [1.82, 2.24) is 0 Å². The predicted molar refractivity (Wildman–Crippen MR) is 153 cm³/mol. The SMILES string of the molecule is COC(=O)[C@@H]1CC[C@]12CCC1=CC=C(OCc3ccc(-c4cc(OC)ccc4F)c([C@@H](OC)C(C)(C)C)c3)CC12. The number of allylic oxidation sites excluding steroid dienone is 4. The van der Waals surface area contributed by atoms with Crippen molar-refractivity contribution in [3.63, 3.8) is 0 Å². The van der Waals surface area contributed by atoms with Gasteiger partial charge in [-0.15, -0.1) is 0 Å². The van der Waals surface area contributed by atoms with Crippen molar-refractivity contribution < 1.29 is 28.1 Å². The van der Waals surface area contributed by atoms with Crippen molar-refractivity contribution in [2.45, 2.75) is 65.6 Å². The standard InChI is InChI=1S/C34H41FO5/c1-33(2,3)31(38-5)27-17-21(7-11-25(27)26-18-23(37-4)10-12-30(26)35)20-40-24-9-8-22-13-15-34(29(22)19-24)16-14-28(34)32(36)39-6/h7-12,17-18,28-29,31H,13-16,19-20H2,1-6H3/t28-,29?,31+,34+/m0/s1. The Morgan fingerprint density at radius 1 is 1.05 bits per heavy atom. The quantitative estimate of drug-likeness (QED) is 0.314. The fourth-order valence-electron chi connectivity index (χ4n) is 7.20. The Morgan fingerprint density at radius 3 is 2.50 bits per heavy atom. The highest BCUT2D eigenvalue weighted by molar-refractivity contribution is 5.75. The zero-order chi connectivity index (χ0) is 28.7. The van der Waals surface area contributed by atoms with E-state index < -0.39 is 0 Å². The van der Waals surface area contributed by atoms with E-state index in [1.54, 1.807) is 26.4 Å². The van der Waals surface area contributed by atoms with Crippen LogP contribution in [0.25, 0.3) is 11.1 Å². The molecule has 0 saturated heterocycles. The molecule has 6 heteroatoms. The van der Waals surface area contributed by atoms with Gasteiger partial charge in [0, 0.05) is 19.1 Å². The van der Waals surface area contributed by atoms with E-state index in [-0.39, 0.29) is 34.6 Å². The first kappa shape index (κ1) is 28.4. The van der Waals surface area contributed by atoms with E-state index in [0.717, 1.165) is 54.6 Å². The van der Waals surface area contributed by atoms with Crippen molar-refractivity contribution >= 4 is 5.97 Å².